The lowest BCUT2D eigenvalue weighted by Crippen LogP contribution is -2.22. The molecule has 0 amide bonds. The van der Waals surface area contributed by atoms with Gasteiger partial charge in [0.1, 0.15) is 18.5 Å². The molecule has 0 bridgehead atoms. The summed E-state index contributed by atoms with van der Waals surface area (Å²) in [5.41, 5.74) is 1.49. The lowest BCUT2D eigenvalue weighted by atomic mass is 9.82. The Hall–Kier alpha value is -1.06. The SMILES string of the molecule is CCC(C)(C)c1ccc(OCC(O)COC)cc1. The summed E-state index contributed by atoms with van der Waals surface area (Å²) in [5.74, 6) is 0.779. The average molecular weight is 252 g/mol. The van der Waals surface area contributed by atoms with E-state index >= 15 is 0 Å². The highest BCUT2D eigenvalue weighted by Crippen LogP contribution is 2.27. The molecule has 0 aliphatic heterocycles. The molecule has 102 valence electrons. The van der Waals surface area contributed by atoms with E-state index < -0.39 is 6.10 Å². The summed E-state index contributed by atoms with van der Waals surface area (Å²) in [7, 11) is 1.56. The smallest absolute Gasteiger partial charge is 0.119 e. The molecule has 0 saturated carbocycles. The van der Waals surface area contributed by atoms with Crippen LogP contribution >= 0.6 is 0 Å². The van der Waals surface area contributed by atoms with E-state index in [4.69, 9.17) is 9.47 Å². The Kier molecular flexibility index (Phi) is 5.63. The molecule has 1 atom stereocenters. The van der Waals surface area contributed by atoms with Crippen LogP contribution in [0.2, 0.25) is 0 Å². The predicted molar refractivity (Wildman–Crippen MR) is 73.1 cm³/mol. The van der Waals surface area contributed by atoms with Crippen LogP contribution in [0, 0.1) is 0 Å². The molecule has 0 aliphatic carbocycles. The molecule has 3 heteroatoms. The highest BCUT2D eigenvalue weighted by Gasteiger charge is 2.17. The second-order valence-corrected chi connectivity index (χ2v) is 5.18. The van der Waals surface area contributed by atoms with Crippen molar-refractivity contribution >= 4 is 0 Å². The predicted octanol–water partition coefficient (Wildman–Crippen LogP) is 2.76. The Morgan fingerprint density at radius 1 is 1.17 bits per heavy atom. The number of hydrogen-bond donors (Lipinski definition) is 1. The fourth-order valence-electron chi connectivity index (χ4n) is 1.64. The topological polar surface area (TPSA) is 38.7 Å². The van der Waals surface area contributed by atoms with Gasteiger partial charge in [-0.25, -0.2) is 0 Å². The van der Waals surface area contributed by atoms with E-state index in [1.807, 2.05) is 12.1 Å². The zero-order valence-corrected chi connectivity index (χ0v) is 11.8. The third kappa shape index (κ3) is 4.31. The summed E-state index contributed by atoms with van der Waals surface area (Å²) in [5, 5.41) is 9.48. The van der Waals surface area contributed by atoms with Gasteiger partial charge in [-0.05, 0) is 29.5 Å². The molecule has 0 heterocycles. The molecule has 18 heavy (non-hydrogen) atoms. The lowest BCUT2D eigenvalue weighted by Gasteiger charge is -2.23. The lowest BCUT2D eigenvalue weighted by molar-refractivity contribution is 0.0325. The number of aliphatic hydroxyl groups excluding tert-OH is 1. The van der Waals surface area contributed by atoms with Gasteiger partial charge in [0.25, 0.3) is 0 Å². The van der Waals surface area contributed by atoms with Gasteiger partial charge in [0, 0.05) is 7.11 Å². The molecule has 0 fully saturated rings. The van der Waals surface area contributed by atoms with Crippen LogP contribution < -0.4 is 4.74 Å². The van der Waals surface area contributed by atoms with E-state index in [0.29, 0.717) is 6.61 Å². The van der Waals surface area contributed by atoms with Gasteiger partial charge in [-0.3, -0.25) is 0 Å². The largest absolute Gasteiger partial charge is 0.491 e. The molecule has 0 aromatic heterocycles. The minimum atomic E-state index is -0.582. The highest BCUT2D eigenvalue weighted by atomic mass is 16.5. The number of benzene rings is 1. The van der Waals surface area contributed by atoms with Gasteiger partial charge in [-0.15, -0.1) is 0 Å². The van der Waals surface area contributed by atoms with E-state index in [2.05, 4.69) is 32.9 Å². The molecule has 1 aromatic carbocycles. The maximum atomic E-state index is 9.48. The third-order valence-corrected chi connectivity index (χ3v) is 3.32. The van der Waals surface area contributed by atoms with Crippen molar-refractivity contribution in [2.45, 2.75) is 38.7 Å². The Labute approximate surface area is 110 Å². The molecule has 1 aromatic rings. The van der Waals surface area contributed by atoms with E-state index in [1.165, 1.54) is 5.56 Å². The van der Waals surface area contributed by atoms with Crippen molar-refractivity contribution in [2.24, 2.45) is 0 Å². The number of ether oxygens (including phenoxy) is 2. The second kappa shape index (κ2) is 6.76. The summed E-state index contributed by atoms with van der Waals surface area (Å²) < 4.78 is 10.3. The van der Waals surface area contributed by atoms with Gasteiger partial charge >= 0.3 is 0 Å². The zero-order chi connectivity index (χ0) is 13.6. The summed E-state index contributed by atoms with van der Waals surface area (Å²) in [4.78, 5) is 0. The summed E-state index contributed by atoms with van der Waals surface area (Å²) in [6.45, 7) is 7.19. The summed E-state index contributed by atoms with van der Waals surface area (Å²) >= 11 is 0. The van der Waals surface area contributed by atoms with Crippen molar-refractivity contribution in [3.63, 3.8) is 0 Å². The number of aliphatic hydroxyl groups is 1. The zero-order valence-electron chi connectivity index (χ0n) is 11.8. The maximum absolute atomic E-state index is 9.48. The minimum Gasteiger partial charge on any atom is -0.491 e. The van der Waals surface area contributed by atoms with Gasteiger partial charge in [0.15, 0.2) is 0 Å². The maximum Gasteiger partial charge on any atom is 0.119 e. The Balaban J connectivity index is 2.56. The second-order valence-electron chi connectivity index (χ2n) is 5.18. The van der Waals surface area contributed by atoms with Gasteiger partial charge in [0.05, 0.1) is 6.61 Å². The van der Waals surface area contributed by atoms with Crippen molar-refractivity contribution < 1.29 is 14.6 Å². The minimum absolute atomic E-state index is 0.189. The Morgan fingerprint density at radius 3 is 2.28 bits per heavy atom. The third-order valence-electron chi connectivity index (χ3n) is 3.32. The average Bonchev–Trinajstić information content (AvgIpc) is 2.37. The van der Waals surface area contributed by atoms with E-state index in [0.717, 1.165) is 12.2 Å². The van der Waals surface area contributed by atoms with Crippen LogP contribution in [0.4, 0.5) is 0 Å². The first-order valence-electron chi connectivity index (χ1n) is 6.40. The summed E-state index contributed by atoms with van der Waals surface area (Å²) in [6, 6.07) is 8.07. The van der Waals surface area contributed by atoms with Gasteiger partial charge in [0.2, 0.25) is 0 Å². The Morgan fingerprint density at radius 2 is 1.78 bits per heavy atom. The van der Waals surface area contributed by atoms with Crippen LogP contribution in [0.5, 0.6) is 5.75 Å². The van der Waals surface area contributed by atoms with Crippen LogP contribution in [0.15, 0.2) is 24.3 Å². The van der Waals surface area contributed by atoms with Crippen LogP contribution in [0.25, 0.3) is 0 Å². The van der Waals surface area contributed by atoms with Crippen LogP contribution in [0.3, 0.4) is 0 Å². The standard InChI is InChI=1S/C15H24O3/c1-5-15(2,3)12-6-8-14(9-7-12)18-11-13(16)10-17-4/h6-9,13,16H,5,10-11H2,1-4H3. The van der Waals surface area contributed by atoms with E-state index in [-0.39, 0.29) is 12.0 Å². The van der Waals surface area contributed by atoms with Crippen molar-refractivity contribution in [1.29, 1.82) is 0 Å². The molecule has 0 saturated heterocycles. The first-order chi connectivity index (χ1) is 8.49. The van der Waals surface area contributed by atoms with Crippen LogP contribution in [-0.4, -0.2) is 31.5 Å². The molecule has 3 nitrogen and oxygen atoms in total. The highest BCUT2D eigenvalue weighted by molar-refractivity contribution is 5.31. The molecule has 1 N–H and O–H groups in total. The van der Waals surface area contributed by atoms with Gasteiger partial charge < -0.3 is 14.6 Å². The quantitative estimate of drug-likeness (QED) is 0.811. The van der Waals surface area contributed by atoms with E-state index in [1.54, 1.807) is 7.11 Å². The number of hydrogen-bond acceptors (Lipinski definition) is 3. The number of rotatable bonds is 7. The van der Waals surface area contributed by atoms with Crippen molar-refractivity contribution in [3.05, 3.63) is 29.8 Å². The molecule has 0 spiro atoms. The molecular weight excluding hydrogens is 228 g/mol. The monoisotopic (exact) mass is 252 g/mol. The fourth-order valence-corrected chi connectivity index (χ4v) is 1.64. The van der Waals surface area contributed by atoms with Crippen LogP contribution in [-0.2, 0) is 10.2 Å². The first kappa shape index (κ1) is 15.0. The summed E-state index contributed by atoms with van der Waals surface area (Å²) in [6.07, 6.45) is 0.515. The van der Waals surface area contributed by atoms with Crippen molar-refractivity contribution in [1.82, 2.24) is 0 Å². The molecular formula is C15H24O3. The van der Waals surface area contributed by atoms with Crippen molar-refractivity contribution in [3.8, 4) is 5.75 Å². The Bertz CT molecular complexity index is 343. The van der Waals surface area contributed by atoms with Gasteiger partial charge in [-0.2, -0.15) is 0 Å². The van der Waals surface area contributed by atoms with Crippen LogP contribution in [0.1, 0.15) is 32.8 Å². The first-order valence-corrected chi connectivity index (χ1v) is 6.40. The molecule has 0 aliphatic rings. The van der Waals surface area contributed by atoms with E-state index in [9.17, 15) is 5.11 Å². The molecule has 0 radical (unpaired) electrons. The number of methoxy groups -OCH3 is 1. The molecule has 1 unspecified atom stereocenters. The van der Waals surface area contributed by atoms with Gasteiger partial charge in [-0.1, -0.05) is 32.9 Å². The van der Waals surface area contributed by atoms with Crippen molar-refractivity contribution in [2.75, 3.05) is 20.3 Å². The normalized spacial score (nSPS) is 13.4. The molecule has 1 rings (SSSR count). The fraction of sp³-hybridized carbons (Fsp3) is 0.600.